The Morgan fingerprint density at radius 1 is 0.875 bits per heavy atom. The lowest BCUT2D eigenvalue weighted by molar-refractivity contribution is -0.384. The number of ether oxygens (including phenoxy) is 2. The molecule has 0 spiro atoms. The SMILES string of the molecule is COc1cc(OC)c(NC(=O)C(Sc2ccc(NC(=O)c3ccc([N+](=O)[O-])cc3)cc2)c2ccccc2)cc1Cl. The van der Waals surface area contributed by atoms with Gasteiger partial charge in [-0.15, -0.1) is 11.8 Å². The molecule has 0 bridgehead atoms. The molecule has 1 unspecified atom stereocenters. The highest BCUT2D eigenvalue weighted by Gasteiger charge is 2.24. The van der Waals surface area contributed by atoms with Gasteiger partial charge in [-0.2, -0.15) is 0 Å². The number of amides is 2. The molecule has 0 aliphatic rings. The molecule has 0 aromatic heterocycles. The summed E-state index contributed by atoms with van der Waals surface area (Å²) in [6.07, 6.45) is 0. The molecule has 4 rings (SSSR count). The Kier molecular flexibility index (Phi) is 9.26. The smallest absolute Gasteiger partial charge is 0.269 e. The van der Waals surface area contributed by atoms with E-state index in [1.807, 2.05) is 30.3 Å². The molecule has 0 aliphatic carbocycles. The van der Waals surface area contributed by atoms with Crippen LogP contribution in [0, 0.1) is 10.1 Å². The number of carbonyl (C=O) groups excluding carboxylic acids is 2. The summed E-state index contributed by atoms with van der Waals surface area (Å²) in [5.41, 5.74) is 1.93. The number of non-ortho nitro benzene ring substituents is 1. The molecule has 4 aromatic rings. The number of hydrogen-bond acceptors (Lipinski definition) is 7. The summed E-state index contributed by atoms with van der Waals surface area (Å²) in [4.78, 5) is 37.2. The highest BCUT2D eigenvalue weighted by Crippen LogP contribution is 2.40. The van der Waals surface area contributed by atoms with Gasteiger partial charge in [0.25, 0.3) is 11.6 Å². The van der Waals surface area contributed by atoms with Gasteiger partial charge in [0, 0.05) is 34.3 Å². The predicted molar refractivity (Wildman–Crippen MR) is 156 cm³/mol. The Morgan fingerprint density at radius 2 is 1.52 bits per heavy atom. The Labute approximate surface area is 239 Å². The molecule has 40 heavy (non-hydrogen) atoms. The average Bonchev–Trinajstić information content (AvgIpc) is 2.97. The number of halogens is 1. The first-order valence-corrected chi connectivity index (χ1v) is 13.1. The molecule has 0 heterocycles. The first kappa shape index (κ1) is 28.5. The van der Waals surface area contributed by atoms with Crippen molar-refractivity contribution < 1.29 is 24.0 Å². The number of nitrogens with zero attached hydrogens (tertiary/aromatic N) is 1. The molecule has 2 N–H and O–H groups in total. The Hall–Kier alpha value is -4.54. The number of nitro groups is 1. The number of hydrogen-bond donors (Lipinski definition) is 2. The second kappa shape index (κ2) is 13.0. The minimum Gasteiger partial charge on any atom is -0.495 e. The predicted octanol–water partition coefficient (Wildman–Crippen LogP) is 6.99. The Morgan fingerprint density at radius 3 is 2.12 bits per heavy atom. The molecule has 9 nitrogen and oxygen atoms in total. The van der Waals surface area contributed by atoms with Gasteiger partial charge in [-0.1, -0.05) is 41.9 Å². The molecule has 11 heteroatoms. The van der Waals surface area contributed by atoms with Crippen LogP contribution in [0.1, 0.15) is 21.2 Å². The minimum atomic E-state index is -0.618. The Bertz CT molecular complexity index is 1520. The summed E-state index contributed by atoms with van der Waals surface area (Å²) in [7, 11) is 2.98. The van der Waals surface area contributed by atoms with Crippen molar-refractivity contribution in [3.63, 3.8) is 0 Å². The summed E-state index contributed by atoms with van der Waals surface area (Å²) in [6.45, 7) is 0. The number of anilines is 2. The lowest BCUT2D eigenvalue weighted by Crippen LogP contribution is -2.19. The van der Waals surface area contributed by atoms with Crippen molar-refractivity contribution in [3.8, 4) is 11.5 Å². The molecule has 0 aliphatic heterocycles. The zero-order valence-electron chi connectivity index (χ0n) is 21.4. The maximum Gasteiger partial charge on any atom is 0.269 e. The lowest BCUT2D eigenvalue weighted by Gasteiger charge is -2.19. The maximum absolute atomic E-state index is 13.5. The molecule has 204 valence electrons. The van der Waals surface area contributed by atoms with E-state index in [1.165, 1.54) is 50.2 Å². The Balaban J connectivity index is 1.50. The van der Waals surface area contributed by atoms with E-state index in [2.05, 4.69) is 10.6 Å². The van der Waals surface area contributed by atoms with Crippen molar-refractivity contribution in [2.75, 3.05) is 24.9 Å². The maximum atomic E-state index is 13.5. The van der Waals surface area contributed by atoms with Crippen LogP contribution in [0.3, 0.4) is 0 Å². The first-order valence-electron chi connectivity index (χ1n) is 11.9. The van der Waals surface area contributed by atoms with Gasteiger partial charge in [0.05, 0.1) is 29.9 Å². The van der Waals surface area contributed by atoms with Gasteiger partial charge in [-0.25, -0.2) is 0 Å². The van der Waals surface area contributed by atoms with Crippen molar-refractivity contribution in [1.82, 2.24) is 0 Å². The van der Waals surface area contributed by atoms with Gasteiger partial charge in [-0.05, 0) is 48.0 Å². The van der Waals surface area contributed by atoms with E-state index < -0.39 is 16.1 Å². The number of methoxy groups -OCH3 is 2. The van der Waals surface area contributed by atoms with Gasteiger partial charge in [0.2, 0.25) is 5.91 Å². The number of nitro benzene ring substituents is 1. The van der Waals surface area contributed by atoms with Crippen LogP contribution < -0.4 is 20.1 Å². The summed E-state index contributed by atoms with van der Waals surface area (Å²) in [6, 6.07) is 24.9. The van der Waals surface area contributed by atoms with Crippen LogP contribution in [0.4, 0.5) is 17.1 Å². The number of thioether (sulfide) groups is 1. The molecular weight excluding hydrogens is 554 g/mol. The second-order valence-electron chi connectivity index (χ2n) is 8.37. The van der Waals surface area contributed by atoms with E-state index in [0.717, 1.165) is 10.5 Å². The topological polar surface area (TPSA) is 120 Å². The standard InChI is InChI=1S/C29H24ClN3O6S/c1-38-25-17-26(39-2)24(16-23(25)30)32-29(35)27(18-6-4-3-5-7-18)40-22-14-10-20(11-15-22)31-28(34)19-8-12-21(13-9-19)33(36)37/h3-17,27H,1-2H3,(H,31,34)(H,32,35). The van der Waals surface area contributed by atoms with Gasteiger partial charge in [-0.3, -0.25) is 19.7 Å². The van der Waals surface area contributed by atoms with E-state index >= 15 is 0 Å². The summed E-state index contributed by atoms with van der Waals surface area (Å²) >= 11 is 7.62. The van der Waals surface area contributed by atoms with Crippen molar-refractivity contribution in [3.05, 3.63) is 117 Å². The van der Waals surface area contributed by atoms with Crippen LogP contribution in [0.25, 0.3) is 0 Å². The zero-order chi connectivity index (χ0) is 28.6. The number of benzene rings is 4. The van der Waals surface area contributed by atoms with Crippen molar-refractivity contribution in [2.45, 2.75) is 10.1 Å². The summed E-state index contributed by atoms with van der Waals surface area (Å²) in [5, 5.41) is 16.2. The molecule has 1 atom stereocenters. The fourth-order valence-corrected chi connectivity index (χ4v) is 5.01. The molecular formula is C29H24ClN3O6S. The highest BCUT2D eigenvalue weighted by atomic mass is 35.5. The van der Waals surface area contributed by atoms with Gasteiger partial charge in [0.15, 0.2) is 0 Å². The van der Waals surface area contributed by atoms with Gasteiger partial charge < -0.3 is 20.1 Å². The summed E-state index contributed by atoms with van der Waals surface area (Å²) < 4.78 is 10.7. The van der Waals surface area contributed by atoms with Crippen LogP contribution in [-0.4, -0.2) is 31.0 Å². The quantitative estimate of drug-likeness (QED) is 0.118. The van der Waals surface area contributed by atoms with Crippen LogP contribution in [-0.2, 0) is 4.79 Å². The normalized spacial score (nSPS) is 11.3. The van der Waals surface area contributed by atoms with E-state index in [-0.39, 0.29) is 11.6 Å². The van der Waals surface area contributed by atoms with Crippen LogP contribution >= 0.6 is 23.4 Å². The van der Waals surface area contributed by atoms with E-state index in [0.29, 0.717) is 33.5 Å². The molecule has 0 saturated carbocycles. The average molecular weight is 578 g/mol. The van der Waals surface area contributed by atoms with Crippen molar-refractivity contribution in [2.24, 2.45) is 0 Å². The summed E-state index contributed by atoms with van der Waals surface area (Å²) in [5.74, 6) is 0.140. The first-order chi connectivity index (χ1) is 19.3. The molecule has 0 radical (unpaired) electrons. The third-order valence-corrected chi connectivity index (χ3v) is 7.34. The second-order valence-corrected chi connectivity index (χ2v) is 9.95. The van der Waals surface area contributed by atoms with E-state index in [9.17, 15) is 19.7 Å². The fourth-order valence-electron chi connectivity index (χ4n) is 3.75. The van der Waals surface area contributed by atoms with Crippen LogP contribution in [0.15, 0.2) is 95.9 Å². The minimum absolute atomic E-state index is 0.0940. The molecule has 2 amide bonds. The monoisotopic (exact) mass is 577 g/mol. The van der Waals surface area contributed by atoms with Crippen LogP contribution in [0.5, 0.6) is 11.5 Å². The van der Waals surface area contributed by atoms with Gasteiger partial charge >= 0.3 is 0 Å². The van der Waals surface area contributed by atoms with Crippen molar-refractivity contribution in [1.29, 1.82) is 0 Å². The zero-order valence-corrected chi connectivity index (χ0v) is 23.0. The van der Waals surface area contributed by atoms with Crippen molar-refractivity contribution >= 4 is 52.2 Å². The number of rotatable bonds is 10. The number of nitrogens with one attached hydrogen (secondary N) is 2. The van der Waals surface area contributed by atoms with E-state index in [1.54, 1.807) is 36.4 Å². The fraction of sp³-hybridized carbons (Fsp3) is 0.103. The molecule has 4 aromatic carbocycles. The van der Waals surface area contributed by atoms with Crippen LogP contribution in [0.2, 0.25) is 5.02 Å². The number of carbonyl (C=O) groups is 2. The highest BCUT2D eigenvalue weighted by molar-refractivity contribution is 8.00. The molecule has 0 fully saturated rings. The third-order valence-electron chi connectivity index (χ3n) is 5.78. The molecule has 0 saturated heterocycles. The largest absolute Gasteiger partial charge is 0.495 e. The third kappa shape index (κ3) is 6.90. The van der Waals surface area contributed by atoms with E-state index in [4.69, 9.17) is 21.1 Å². The van der Waals surface area contributed by atoms with Gasteiger partial charge in [0.1, 0.15) is 16.7 Å². The lowest BCUT2D eigenvalue weighted by atomic mass is 10.1.